The van der Waals surface area contributed by atoms with Crippen LogP contribution in [0.25, 0.3) is 11.0 Å². The van der Waals surface area contributed by atoms with E-state index in [2.05, 4.69) is 15.3 Å². The van der Waals surface area contributed by atoms with Gasteiger partial charge in [0.05, 0.1) is 29.9 Å². The van der Waals surface area contributed by atoms with Crippen LogP contribution < -0.4 is 10.1 Å². The first-order valence-corrected chi connectivity index (χ1v) is 10.0. The fourth-order valence-corrected chi connectivity index (χ4v) is 3.83. The number of hydrogen-bond donors (Lipinski definition) is 1. The molecule has 150 valence electrons. The number of amides is 1. The zero-order chi connectivity index (χ0) is 20.4. The van der Waals surface area contributed by atoms with Crippen molar-refractivity contribution in [3.05, 3.63) is 58.7 Å². The van der Waals surface area contributed by atoms with Crippen LogP contribution in [0.15, 0.2) is 42.6 Å². The predicted octanol–water partition coefficient (Wildman–Crippen LogP) is 4.17. The number of benzene rings is 2. The minimum absolute atomic E-state index is 0.0235. The standard InChI is InChI=1S/C22H23ClN4O2/c1-14-3-6-20(29-2)17(9-14)22(28)27-8-7-15(13-27)11-25-21-12-24-19-10-16(23)4-5-18(19)26-21/h3-6,9-10,12,15H,7-8,11,13H2,1-2H3,(H,25,26)/t15-/m0/s1. The molecule has 1 aliphatic rings. The molecule has 3 aromatic rings. The largest absolute Gasteiger partial charge is 0.496 e. The summed E-state index contributed by atoms with van der Waals surface area (Å²) < 4.78 is 5.37. The SMILES string of the molecule is COc1ccc(C)cc1C(=O)N1CC[C@@H](CNc2cnc3cc(Cl)ccc3n2)C1. The molecule has 1 amide bonds. The molecule has 1 aliphatic heterocycles. The molecule has 1 saturated heterocycles. The molecule has 4 rings (SSSR count). The highest BCUT2D eigenvalue weighted by atomic mass is 35.5. The molecule has 1 fully saturated rings. The van der Waals surface area contributed by atoms with Crippen molar-refractivity contribution in [1.82, 2.24) is 14.9 Å². The van der Waals surface area contributed by atoms with Crippen molar-refractivity contribution in [3.63, 3.8) is 0 Å². The summed E-state index contributed by atoms with van der Waals surface area (Å²) >= 11 is 5.99. The first kappa shape index (κ1) is 19.5. The number of methoxy groups -OCH3 is 1. The number of carbonyl (C=O) groups is 1. The summed E-state index contributed by atoms with van der Waals surface area (Å²) in [4.78, 5) is 23.9. The van der Waals surface area contributed by atoms with Crippen LogP contribution in [0, 0.1) is 12.8 Å². The van der Waals surface area contributed by atoms with Gasteiger partial charge in [0.15, 0.2) is 0 Å². The number of anilines is 1. The average molecular weight is 411 g/mol. The number of ether oxygens (including phenoxy) is 1. The normalized spacial score (nSPS) is 16.2. The van der Waals surface area contributed by atoms with Crippen molar-refractivity contribution in [2.75, 3.05) is 32.1 Å². The smallest absolute Gasteiger partial charge is 0.257 e. The van der Waals surface area contributed by atoms with Crippen LogP contribution in [0.5, 0.6) is 5.75 Å². The number of aromatic nitrogens is 2. The first-order chi connectivity index (χ1) is 14.0. The van der Waals surface area contributed by atoms with Crippen molar-refractivity contribution in [2.24, 2.45) is 5.92 Å². The molecule has 6 nitrogen and oxygen atoms in total. The van der Waals surface area contributed by atoms with Crippen molar-refractivity contribution in [3.8, 4) is 5.75 Å². The van der Waals surface area contributed by atoms with E-state index < -0.39 is 0 Å². The van der Waals surface area contributed by atoms with Gasteiger partial charge in [0, 0.05) is 24.7 Å². The van der Waals surface area contributed by atoms with Crippen molar-refractivity contribution in [1.29, 1.82) is 0 Å². The Morgan fingerprint density at radius 2 is 2.14 bits per heavy atom. The zero-order valence-corrected chi connectivity index (χ0v) is 17.2. The average Bonchev–Trinajstić information content (AvgIpc) is 3.20. The molecule has 0 radical (unpaired) electrons. The minimum Gasteiger partial charge on any atom is -0.496 e. The highest BCUT2D eigenvalue weighted by Crippen LogP contribution is 2.25. The summed E-state index contributed by atoms with van der Waals surface area (Å²) in [5, 5.41) is 4.00. The number of fused-ring (bicyclic) bond motifs is 1. The number of likely N-dealkylation sites (tertiary alicyclic amines) is 1. The lowest BCUT2D eigenvalue weighted by molar-refractivity contribution is 0.0784. The van der Waals surface area contributed by atoms with E-state index in [-0.39, 0.29) is 5.91 Å². The molecule has 1 aromatic heterocycles. The Labute approximate surface area is 174 Å². The maximum atomic E-state index is 13.0. The second-order valence-corrected chi connectivity index (χ2v) is 7.82. The van der Waals surface area contributed by atoms with Crippen LogP contribution >= 0.6 is 11.6 Å². The summed E-state index contributed by atoms with van der Waals surface area (Å²) in [7, 11) is 1.59. The van der Waals surface area contributed by atoms with E-state index in [0.29, 0.717) is 28.8 Å². The summed E-state index contributed by atoms with van der Waals surface area (Å²) in [6.07, 6.45) is 2.66. The van der Waals surface area contributed by atoms with Gasteiger partial charge in [-0.1, -0.05) is 23.2 Å². The molecule has 2 aromatic carbocycles. The van der Waals surface area contributed by atoms with Gasteiger partial charge in [0.2, 0.25) is 0 Å². The molecular weight excluding hydrogens is 388 g/mol. The third-order valence-corrected chi connectivity index (χ3v) is 5.47. The molecule has 0 unspecified atom stereocenters. The third kappa shape index (κ3) is 4.27. The Morgan fingerprint density at radius 3 is 2.97 bits per heavy atom. The lowest BCUT2D eigenvalue weighted by Crippen LogP contribution is -2.30. The lowest BCUT2D eigenvalue weighted by atomic mass is 10.1. The Hall–Kier alpha value is -2.86. The number of nitrogens with one attached hydrogen (secondary N) is 1. The number of carbonyl (C=O) groups excluding carboxylic acids is 1. The van der Waals surface area contributed by atoms with Gasteiger partial charge >= 0.3 is 0 Å². The highest BCUT2D eigenvalue weighted by Gasteiger charge is 2.28. The van der Waals surface area contributed by atoms with Crippen LogP contribution in [-0.2, 0) is 0 Å². The Bertz CT molecular complexity index is 1060. The van der Waals surface area contributed by atoms with Gasteiger partial charge in [-0.05, 0) is 49.6 Å². The number of aryl methyl sites for hydroxylation is 1. The number of rotatable bonds is 5. The maximum absolute atomic E-state index is 13.0. The topological polar surface area (TPSA) is 67.3 Å². The fourth-order valence-electron chi connectivity index (χ4n) is 3.66. The van der Waals surface area contributed by atoms with Crippen LogP contribution in [-0.4, -0.2) is 47.5 Å². The fraction of sp³-hybridized carbons (Fsp3) is 0.318. The second kappa shape index (κ2) is 8.25. The van der Waals surface area contributed by atoms with E-state index in [4.69, 9.17) is 16.3 Å². The summed E-state index contributed by atoms with van der Waals surface area (Å²) in [5.41, 5.74) is 3.24. The molecule has 0 aliphatic carbocycles. The van der Waals surface area contributed by atoms with Gasteiger partial charge in [-0.15, -0.1) is 0 Å². The molecular formula is C22H23ClN4O2. The van der Waals surface area contributed by atoms with Gasteiger partial charge in [0.25, 0.3) is 5.91 Å². The van der Waals surface area contributed by atoms with E-state index in [1.54, 1.807) is 19.4 Å². The van der Waals surface area contributed by atoms with Crippen LogP contribution in [0.4, 0.5) is 5.82 Å². The molecule has 0 saturated carbocycles. The number of halogens is 1. The first-order valence-electron chi connectivity index (χ1n) is 9.63. The van der Waals surface area contributed by atoms with Crippen molar-refractivity contribution < 1.29 is 9.53 Å². The number of hydrogen-bond acceptors (Lipinski definition) is 5. The number of nitrogens with zero attached hydrogens (tertiary/aromatic N) is 3. The van der Waals surface area contributed by atoms with Crippen LogP contribution in [0.1, 0.15) is 22.3 Å². The monoisotopic (exact) mass is 410 g/mol. The molecule has 7 heteroatoms. The van der Waals surface area contributed by atoms with E-state index >= 15 is 0 Å². The Balaban J connectivity index is 1.38. The highest BCUT2D eigenvalue weighted by molar-refractivity contribution is 6.31. The predicted molar refractivity (Wildman–Crippen MR) is 115 cm³/mol. The maximum Gasteiger partial charge on any atom is 0.257 e. The molecule has 29 heavy (non-hydrogen) atoms. The van der Waals surface area contributed by atoms with Gasteiger partial charge in [-0.2, -0.15) is 0 Å². The van der Waals surface area contributed by atoms with Crippen molar-refractivity contribution >= 4 is 34.4 Å². The Morgan fingerprint density at radius 1 is 1.28 bits per heavy atom. The molecule has 2 heterocycles. The lowest BCUT2D eigenvalue weighted by Gasteiger charge is -2.19. The summed E-state index contributed by atoms with van der Waals surface area (Å²) in [6.45, 7) is 4.16. The van der Waals surface area contributed by atoms with Gasteiger partial charge in [-0.3, -0.25) is 9.78 Å². The molecule has 1 atom stereocenters. The molecule has 1 N–H and O–H groups in total. The molecule has 0 spiro atoms. The summed E-state index contributed by atoms with van der Waals surface area (Å²) in [5.74, 6) is 1.73. The zero-order valence-electron chi connectivity index (χ0n) is 16.5. The van der Waals surface area contributed by atoms with Gasteiger partial charge in [0.1, 0.15) is 11.6 Å². The third-order valence-electron chi connectivity index (χ3n) is 5.23. The second-order valence-electron chi connectivity index (χ2n) is 7.38. The quantitative estimate of drug-likeness (QED) is 0.683. The Kier molecular flexibility index (Phi) is 5.53. The van der Waals surface area contributed by atoms with E-state index in [9.17, 15) is 4.79 Å². The van der Waals surface area contributed by atoms with Crippen LogP contribution in [0.2, 0.25) is 5.02 Å². The van der Waals surface area contributed by atoms with Crippen LogP contribution in [0.3, 0.4) is 0 Å². The molecule has 0 bridgehead atoms. The van der Waals surface area contributed by atoms with E-state index in [0.717, 1.165) is 41.9 Å². The minimum atomic E-state index is 0.0235. The van der Waals surface area contributed by atoms with Crippen molar-refractivity contribution in [2.45, 2.75) is 13.3 Å². The van der Waals surface area contributed by atoms with Gasteiger partial charge < -0.3 is 15.0 Å². The van der Waals surface area contributed by atoms with E-state index in [1.807, 2.05) is 42.2 Å². The van der Waals surface area contributed by atoms with E-state index in [1.165, 1.54) is 0 Å². The van der Waals surface area contributed by atoms with Gasteiger partial charge in [-0.25, -0.2) is 4.98 Å². The summed E-state index contributed by atoms with van der Waals surface area (Å²) in [6, 6.07) is 11.2.